The quantitative estimate of drug-likeness (QED) is 0.805. The number of carbonyl (C=O) groups excluding carboxylic acids is 1. The molecular weight excluding hydrogens is 262 g/mol. The van der Waals surface area contributed by atoms with E-state index in [-0.39, 0.29) is 10.8 Å². The normalized spacial score (nSPS) is 11.3. The summed E-state index contributed by atoms with van der Waals surface area (Å²) in [4.78, 5) is 14.3. The number of sulfone groups is 1. The Morgan fingerprint density at radius 2 is 1.74 bits per heavy atom. The van der Waals surface area contributed by atoms with Gasteiger partial charge in [0.05, 0.1) is 4.90 Å². The first-order chi connectivity index (χ1) is 8.90. The summed E-state index contributed by atoms with van der Waals surface area (Å²) in [5, 5.41) is 0. The van der Waals surface area contributed by atoms with Crippen LogP contribution in [-0.4, -0.2) is 38.6 Å². The Hall–Kier alpha value is -1.36. The van der Waals surface area contributed by atoms with E-state index in [0.29, 0.717) is 18.7 Å². The van der Waals surface area contributed by atoms with E-state index in [1.165, 1.54) is 12.1 Å². The first kappa shape index (κ1) is 15.7. The van der Waals surface area contributed by atoms with Crippen molar-refractivity contribution in [1.82, 2.24) is 4.90 Å². The molecule has 1 rings (SSSR count). The second-order valence-corrected chi connectivity index (χ2v) is 6.61. The largest absolute Gasteiger partial charge is 0.339 e. The van der Waals surface area contributed by atoms with Crippen molar-refractivity contribution in [2.45, 2.75) is 31.6 Å². The van der Waals surface area contributed by atoms with Crippen LogP contribution in [0.5, 0.6) is 0 Å². The van der Waals surface area contributed by atoms with Crippen molar-refractivity contribution in [3.63, 3.8) is 0 Å². The van der Waals surface area contributed by atoms with Crippen molar-refractivity contribution < 1.29 is 13.2 Å². The SMILES string of the molecule is CCCN(CCC)C(=O)c1cccc(S(C)(=O)=O)c1. The third kappa shape index (κ3) is 4.35. The molecule has 4 nitrogen and oxygen atoms in total. The van der Waals surface area contributed by atoms with E-state index < -0.39 is 9.84 Å². The summed E-state index contributed by atoms with van der Waals surface area (Å²) in [5.74, 6) is -0.103. The lowest BCUT2D eigenvalue weighted by Crippen LogP contribution is -2.32. The fourth-order valence-electron chi connectivity index (χ4n) is 1.90. The average molecular weight is 283 g/mol. The smallest absolute Gasteiger partial charge is 0.253 e. The molecule has 0 aliphatic carbocycles. The van der Waals surface area contributed by atoms with Crippen molar-refractivity contribution in [1.29, 1.82) is 0 Å². The lowest BCUT2D eigenvalue weighted by Gasteiger charge is -2.21. The molecule has 0 aliphatic heterocycles. The molecule has 0 saturated carbocycles. The Kier molecular flexibility index (Phi) is 5.54. The minimum atomic E-state index is -3.28. The molecule has 0 aliphatic rings. The van der Waals surface area contributed by atoms with Gasteiger partial charge in [-0.15, -0.1) is 0 Å². The summed E-state index contributed by atoms with van der Waals surface area (Å²) in [6.07, 6.45) is 2.92. The van der Waals surface area contributed by atoms with Crippen LogP contribution in [0.2, 0.25) is 0 Å². The minimum Gasteiger partial charge on any atom is -0.339 e. The van der Waals surface area contributed by atoms with Gasteiger partial charge in [0.15, 0.2) is 9.84 Å². The van der Waals surface area contributed by atoms with E-state index in [4.69, 9.17) is 0 Å². The van der Waals surface area contributed by atoms with Gasteiger partial charge in [-0.1, -0.05) is 19.9 Å². The second kappa shape index (κ2) is 6.70. The molecule has 0 unspecified atom stereocenters. The van der Waals surface area contributed by atoms with E-state index in [1.54, 1.807) is 17.0 Å². The fraction of sp³-hybridized carbons (Fsp3) is 0.500. The van der Waals surface area contributed by atoms with Gasteiger partial charge >= 0.3 is 0 Å². The highest BCUT2D eigenvalue weighted by molar-refractivity contribution is 7.90. The number of rotatable bonds is 6. The van der Waals surface area contributed by atoms with Crippen LogP contribution >= 0.6 is 0 Å². The van der Waals surface area contributed by atoms with Gasteiger partial charge in [0, 0.05) is 24.9 Å². The molecule has 0 saturated heterocycles. The van der Waals surface area contributed by atoms with Crippen molar-refractivity contribution in [3.8, 4) is 0 Å². The van der Waals surface area contributed by atoms with Gasteiger partial charge in [0.1, 0.15) is 0 Å². The maximum Gasteiger partial charge on any atom is 0.253 e. The minimum absolute atomic E-state index is 0.103. The Bertz CT molecular complexity index is 531. The molecule has 0 N–H and O–H groups in total. The van der Waals surface area contributed by atoms with Crippen molar-refractivity contribution in [2.24, 2.45) is 0 Å². The molecule has 1 aromatic carbocycles. The molecule has 0 atom stereocenters. The monoisotopic (exact) mass is 283 g/mol. The molecule has 0 bridgehead atoms. The van der Waals surface area contributed by atoms with E-state index in [1.807, 2.05) is 13.8 Å². The van der Waals surface area contributed by atoms with Gasteiger partial charge in [-0.05, 0) is 31.0 Å². The fourth-order valence-corrected chi connectivity index (χ4v) is 2.56. The average Bonchev–Trinajstić information content (AvgIpc) is 2.37. The zero-order valence-electron chi connectivity index (χ0n) is 11.7. The molecule has 106 valence electrons. The molecule has 0 fully saturated rings. The molecule has 1 amide bonds. The molecule has 19 heavy (non-hydrogen) atoms. The molecule has 1 aromatic rings. The van der Waals surface area contributed by atoms with E-state index in [0.717, 1.165) is 19.1 Å². The molecule has 0 aromatic heterocycles. The number of benzene rings is 1. The summed E-state index contributed by atoms with van der Waals surface area (Å²) in [6, 6.07) is 6.24. The van der Waals surface area contributed by atoms with Crippen LogP contribution in [0.25, 0.3) is 0 Å². The predicted molar refractivity (Wildman–Crippen MR) is 76.0 cm³/mol. The molecule has 0 spiro atoms. The third-order valence-electron chi connectivity index (χ3n) is 2.78. The number of hydrogen-bond acceptors (Lipinski definition) is 3. The van der Waals surface area contributed by atoms with Crippen molar-refractivity contribution in [2.75, 3.05) is 19.3 Å². The van der Waals surface area contributed by atoms with E-state index >= 15 is 0 Å². The van der Waals surface area contributed by atoms with Crippen LogP contribution in [0, 0.1) is 0 Å². The van der Waals surface area contributed by atoms with Crippen LogP contribution in [0.1, 0.15) is 37.0 Å². The maximum atomic E-state index is 12.3. The zero-order valence-corrected chi connectivity index (χ0v) is 12.5. The first-order valence-corrected chi connectivity index (χ1v) is 8.38. The Balaban J connectivity index is 3.04. The predicted octanol–water partition coefficient (Wildman–Crippen LogP) is 2.35. The molecular formula is C14H21NO3S. The summed E-state index contributed by atoms with van der Waals surface area (Å²) >= 11 is 0. The van der Waals surface area contributed by atoms with Crippen molar-refractivity contribution in [3.05, 3.63) is 29.8 Å². The van der Waals surface area contributed by atoms with Crippen LogP contribution < -0.4 is 0 Å². The van der Waals surface area contributed by atoms with Crippen LogP contribution in [-0.2, 0) is 9.84 Å². The Morgan fingerprint density at radius 3 is 2.21 bits per heavy atom. The number of carbonyl (C=O) groups is 1. The third-order valence-corrected chi connectivity index (χ3v) is 3.89. The highest BCUT2D eigenvalue weighted by atomic mass is 32.2. The topological polar surface area (TPSA) is 54.5 Å². The van der Waals surface area contributed by atoms with Crippen LogP contribution in [0.3, 0.4) is 0 Å². The van der Waals surface area contributed by atoms with Gasteiger partial charge < -0.3 is 4.90 Å². The van der Waals surface area contributed by atoms with Gasteiger partial charge in [-0.2, -0.15) is 0 Å². The maximum absolute atomic E-state index is 12.3. The van der Waals surface area contributed by atoms with E-state index in [9.17, 15) is 13.2 Å². The summed E-state index contributed by atoms with van der Waals surface area (Å²) < 4.78 is 23.0. The zero-order chi connectivity index (χ0) is 14.5. The van der Waals surface area contributed by atoms with Gasteiger partial charge in [-0.3, -0.25) is 4.79 Å². The van der Waals surface area contributed by atoms with Gasteiger partial charge in [0.25, 0.3) is 5.91 Å². The standard InChI is InChI=1S/C14H21NO3S/c1-4-9-15(10-5-2)14(16)12-7-6-8-13(11-12)19(3,17)18/h6-8,11H,4-5,9-10H2,1-3H3. The van der Waals surface area contributed by atoms with Crippen molar-refractivity contribution >= 4 is 15.7 Å². The lowest BCUT2D eigenvalue weighted by molar-refractivity contribution is 0.0755. The van der Waals surface area contributed by atoms with E-state index in [2.05, 4.69) is 0 Å². The highest BCUT2D eigenvalue weighted by Gasteiger charge is 2.16. The summed E-state index contributed by atoms with van der Waals surface area (Å²) in [5.41, 5.74) is 0.435. The summed E-state index contributed by atoms with van der Waals surface area (Å²) in [7, 11) is -3.28. The highest BCUT2D eigenvalue weighted by Crippen LogP contribution is 2.13. The van der Waals surface area contributed by atoms with Crippen LogP contribution in [0.4, 0.5) is 0 Å². The number of hydrogen-bond donors (Lipinski definition) is 0. The lowest BCUT2D eigenvalue weighted by atomic mass is 10.2. The van der Waals surface area contributed by atoms with Crippen LogP contribution in [0.15, 0.2) is 29.2 Å². The van der Waals surface area contributed by atoms with Gasteiger partial charge in [0.2, 0.25) is 0 Å². The first-order valence-electron chi connectivity index (χ1n) is 6.49. The summed E-state index contributed by atoms with van der Waals surface area (Å²) in [6.45, 7) is 5.41. The Morgan fingerprint density at radius 1 is 1.16 bits per heavy atom. The second-order valence-electron chi connectivity index (χ2n) is 4.59. The Labute approximate surface area is 115 Å². The number of amides is 1. The number of nitrogens with zero attached hydrogens (tertiary/aromatic N) is 1. The molecule has 0 radical (unpaired) electrons. The molecule has 5 heteroatoms. The van der Waals surface area contributed by atoms with Gasteiger partial charge in [-0.25, -0.2) is 8.42 Å². The molecule has 0 heterocycles.